The Balaban J connectivity index is 1.28. The topological polar surface area (TPSA) is 232 Å². The lowest BCUT2D eigenvalue weighted by atomic mass is 9.98. The van der Waals surface area contributed by atoms with Crippen LogP contribution in [0, 0.1) is 23.7 Å². The summed E-state index contributed by atoms with van der Waals surface area (Å²) in [6, 6.07) is 9.78. The Morgan fingerprint density at radius 3 is 1.76 bits per heavy atom. The molecule has 0 bridgehead atoms. The van der Waals surface area contributed by atoms with E-state index in [0.717, 1.165) is 32.9 Å². The van der Waals surface area contributed by atoms with Crippen LogP contribution < -0.4 is 37.6 Å². The van der Waals surface area contributed by atoms with Gasteiger partial charge in [0.05, 0.1) is 29.5 Å². The molecule has 16 heteroatoms. The number of fused-ring (bicyclic) bond motifs is 2. The van der Waals surface area contributed by atoms with Crippen molar-refractivity contribution in [3.63, 3.8) is 0 Å². The van der Waals surface area contributed by atoms with Gasteiger partial charge in [-0.2, -0.15) is 0 Å². The van der Waals surface area contributed by atoms with E-state index in [1.165, 1.54) is 11.8 Å². The third-order valence-corrected chi connectivity index (χ3v) is 13.1. The maximum atomic E-state index is 14.5. The number of carbonyl (C=O) groups excluding carboxylic acids is 6. The summed E-state index contributed by atoms with van der Waals surface area (Å²) < 4.78 is 0. The van der Waals surface area contributed by atoms with Gasteiger partial charge >= 0.3 is 0 Å². The average molecular weight is 886 g/mol. The number of carbonyl (C=O) groups is 6. The number of H-pyrrole nitrogens is 2. The van der Waals surface area contributed by atoms with Crippen LogP contribution >= 0.6 is 11.8 Å². The van der Waals surface area contributed by atoms with Gasteiger partial charge in [0.2, 0.25) is 29.5 Å². The number of thioether (sulfide) groups is 1. The van der Waals surface area contributed by atoms with Crippen LogP contribution in [0.4, 0.5) is 0 Å². The normalized spacial score (nSPS) is 19.4. The van der Waals surface area contributed by atoms with E-state index >= 15 is 0 Å². The number of hydrogen-bond donors (Lipinski definition) is 9. The number of hydrogen-bond acceptors (Lipinski definition) is 9. The molecule has 63 heavy (non-hydrogen) atoms. The summed E-state index contributed by atoms with van der Waals surface area (Å²) in [6.45, 7) is 17.1. The van der Waals surface area contributed by atoms with E-state index in [0.29, 0.717) is 12.7 Å². The first kappa shape index (κ1) is 48.8. The summed E-state index contributed by atoms with van der Waals surface area (Å²) in [6.07, 6.45) is 5.28. The number of para-hydroxylation sites is 2. The summed E-state index contributed by atoms with van der Waals surface area (Å²) in [5, 5.41) is 19.4. The summed E-state index contributed by atoms with van der Waals surface area (Å²) in [7, 11) is 0. The largest absolute Gasteiger partial charge is 0.361 e. The SMILES string of the molecule is CC(C)CC(N)C(=O)NC(C(=O)NC(Cc1c[nH]c2ccccc12)C(=O)NC(C(C)C)C1NC(C(=O)NC(C(=O)NC(C=O)Cc2c[nH]c3ccccc23)C(C)C)C(C)S1)C(C)C. The summed E-state index contributed by atoms with van der Waals surface area (Å²) >= 11 is 1.51. The molecular weight excluding hydrogens is 819 g/mol. The van der Waals surface area contributed by atoms with E-state index in [-0.39, 0.29) is 47.7 Å². The number of nitrogens with one attached hydrogen (secondary N) is 8. The van der Waals surface area contributed by atoms with Crippen LogP contribution in [-0.2, 0) is 41.6 Å². The van der Waals surface area contributed by atoms with Crippen molar-refractivity contribution in [1.29, 1.82) is 0 Å². The van der Waals surface area contributed by atoms with Gasteiger partial charge in [0.15, 0.2) is 0 Å². The Morgan fingerprint density at radius 1 is 0.683 bits per heavy atom. The molecule has 9 unspecified atom stereocenters. The van der Waals surface area contributed by atoms with Gasteiger partial charge in [0, 0.05) is 52.3 Å². The molecular formula is C47H67N9O6S. The van der Waals surface area contributed by atoms with Gasteiger partial charge < -0.3 is 47.1 Å². The number of aromatic nitrogens is 2. The maximum absolute atomic E-state index is 14.5. The van der Waals surface area contributed by atoms with Crippen LogP contribution in [0.1, 0.15) is 79.9 Å². The minimum atomic E-state index is -1.03. The zero-order valence-corrected chi connectivity index (χ0v) is 38.7. The van der Waals surface area contributed by atoms with Crippen molar-refractivity contribution in [2.24, 2.45) is 29.4 Å². The number of aromatic amines is 2. The van der Waals surface area contributed by atoms with Gasteiger partial charge in [0.25, 0.3) is 0 Å². The molecule has 1 aliphatic rings. The van der Waals surface area contributed by atoms with E-state index in [2.05, 4.69) is 41.9 Å². The number of nitrogens with two attached hydrogens (primary N) is 1. The molecule has 0 aliphatic carbocycles. The molecule has 4 aromatic rings. The molecule has 9 atom stereocenters. The van der Waals surface area contributed by atoms with Crippen molar-refractivity contribution >= 4 is 69.4 Å². The summed E-state index contributed by atoms with van der Waals surface area (Å²) in [5.41, 5.74) is 9.72. The highest BCUT2D eigenvalue weighted by atomic mass is 32.2. The molecule has 3 heterocycles. The standard InChI is InChI=1S/C47H67N9O6S/c1-24(2)18-34(48)42(58)53-39(26(5)6)45(61)52-37(20-30-22-50-36-17-13-11-15-33(30)36)43(59)55-40(27(7)8)47-56-41(28(9)63-47)46(62)54-38(25(3)4)44(60)51-31(23-57)19-29-21-49-35-16-12-10-14-32(29)35/h10-17,21-28,31,34,37-41,47,49-50,56H,18-20,48H2,1-9H3,(H,51,60)(H,52,61)(H,53,58)(H,54,62)(H,55,59). The van der Waals surface area contributed by atoms with Gasteiger partial charge in [-0.05, 0) is 53.4 Å². The van der Waals surface area contributed by atoms with E-state index in [9.17, 15) is 28.8 Å². The zero-order valence-electron chi connectivity index (χ0n) is 37.9. The highest BCUT2D eigenvalue weighted by Gasteiger charge is 2.43. The maximum Gasteiger partial charge on any atom is 0.243 e. The third-order valence-electron chi connectivity index (χ3n) is 11.7. The van der Waals surface area contributed by atoms with Gasteiger partial charge in [0.1, 0.15) is 24.4 Å². The van der Waals surface area contributed by atoms with E-state index in [1.54, 1.807) is 0 Å². The van der Waals surface area contributed by atoms with Gasteiger partial charge in [-0.3, -0.25) is 29.3 Å². The fourth-order valence-electron chi connectivity index (χ4n) is 8.12. The smallest absolute Gasteiger partial charge is 0.243 e. The van der Waals surface area contributed by atoms with Gasteiger partial charge in [-0.1, -0.05) is 98.7 Å². The number of benzene rings is 2. The van der Waals surface area contributed by atoms with Crippen LogP contribution in [0.3, 0.4) is 0 Å². The lowest BCUT2D eigenvalue weighted by molar-refractivity contribution is -0.133. The van der Waals surface area contributed by atoms with Crippen molar-refractivity contribution in [2.45, 2.75) is 134 Å². The lowest BCUT2D eigenvalue weighted by Gasteiger charge is -2.31. The molecule has 5 amide bonds. The Hall–Kier alpha value is -5.19. The third kappa shape index (κ3) is 12.5. The minimum absolute atomic E-state index is 0.103. The predicted molar refractivity (Wildman–Crippen MR) is 249 cm³/mol. The first-order valence-corrected chi connectivity index (χ1v) is 23.1. The van der Waals surface area contributed by atoms with Crippen LogP contribution in [0.25, 0.3) is 21.8 Å². The van der Waals surface area contributed by atoms with Crippen molar-refractivity contribution in [3.05, 3.63) is 72.1 Å². The minimum Gasteiger partial charge on any atom is -0.361 e. The Morgan fingerprint density at radius 2 is 1.22 bits per heavy atom. The average Bonchev–Trinajstić information content (AvgIpc) is 3.96. The van der Waals surface area contributed by atoms with Crippen LogP contribution in [0.15, 0.2) is 60.9 Å². The summed E-state index contributed by atoms with van der Waals surface area (Å²) in [5.74, 6) is -2.70. The second-order valence-corrected chi connectivity index (χ2v) is 19.8. The molecule has 2 aromatic carbocycles. The van der Waals surface area contributed by atoms with Gasteiger partial charge in [-0.15, -0.1) is 11.8 Å². The second-order valence-electron chi connectivity index (χ2n) is 18.3. The Labute approximate surface area is 374 Å². The molecule has 0 saturated carbocycles. The fraction of sp³-hybridized carbons (Fsp3) is 0.532. The van der Waals surface area contributed by atoms with Crippen molar-refractivity contribution in [1.82, 2.24) is 41.9 Å². The Kier molecular flexibility index (Phi) is 17.0. The Bertz CT molecular complexity index is 2220. The highest BCUT2D eigenvalue weighted by Crippen LogP contribution is 2.32. The number of aldehydes is 1. The molecule has 0 radical (unpaired) electrons. The number of amides is 5. The molecule has 0 spiro atoms. The van der Waals surface area contributed by atoms with Gasteiger partial charge in [-0.25, -0.2) is 0 Å². The molecule has 10 N–H and O–H groups in total. The number of rotatable bonds is 21. The molecule has 342 valence electrons. The molecule has 1 fully saturated rings. The van der Waals surface area contributed by atoms with Crippen molar-refractivity contribution < 1.29 is 28.8 Å². The molecule has 5 rings (SSSR count). The molecule has 1 aliphatic heterocycles. The van der Waals surface area contributed by atoms with Crippen molar-refractivity contribution in [3.8, 4) is 0 Å². The fourth-order valence-corrected chi connectivity index (χ4v) is 9.72. The van der Waals surface area contributed by atoms with Crippen LogP contribution in [0.5, 0.6) is 0 Å². The second kappa shape index (κ2) is 21.9. The molecule has 2 aromatic heterocycles. The predicted octanol–water partition coefficient (Wildman–Crippen LogP) is 3.82. The van der Waals surface area contributed by atoms with Crippen LogP contribution in [-0.4, -0.2) is 98.7 Å². The zero-order chi connectivity index (χ0) is 46.1. The highest BCUT2D eigenvalue weighted by molar-refractivity contribution is 8.00. The van der Waals surface area contributed by atoms with Crippen LogP contribution in [0.2, 0.25) is 0 Å². The monoisotopic (exact) mass is 885 g/mol. The molecule has 1 saturated heterocycles. The lowest BCUT2D eigenvalue weighted by Crippen LogP contribution is -2.61. The van der Waals surface area contributed by atoms with Crippen molar-refractivity contribution in [2.75, 3.05) is 0 Å². The first-order chi connectivity index (χ1) is 29.9. The first-order valence-electron chi connectivity index (χ1n) is 22.1. The quantitative estimate of drug-likeness (QED) is 0.0553. The summed E-state index contributed by atoms with van der Waals surface area (Å²) in [4.78, 5) is 87.9. The van der Waals surface area contributed by atoms with E-state index in [1.807, 2.05) is 123 Å². The van der Waals surface area contributed by atoms with E-state index in [4.69, 9.17) is 5.73 Å². The molecule has 15 nitrogen and oxygen atoms in total. The van der Waals surface area contributed by atoms with E-state index < -0.39 is 71.3 Å².